The SMILES string of the molecule is O=C(O)COCCCCC1=CC(OCCO)CC1=O. The van der Waals surface area contributed by atoms with Crippen LogP contribution in [0.5, 0.6) is 0 Å². The summed E-state index contributed by atoms with van der Waals surface area (Å²) in [6.07, 6.45) is 4.12. The maximum atomic E-state index is 11.6. The quantitative estimate of drug-likeness (QED) is 0.564. The minimum Gasteiger partial charge on any atom is -0.480 e. The molecule has 0 fully saturated rings. The lowest BCUT2D eigenvalue weighted by Gasteiger charge is -2.05. The molecule has 0 bridgehead atoms. The highest BCUT2D eigenvalue weighted by Crippen LogP contribution is 2.22. The van der Waals surface area contributed by atoms with Gasteiger partial charge in [0.25, 0.3) is 0 Å². The van der Waals surface area contributed by atoms with E-state index >= 15 is 0 Å². The first kappa shape index (κ1) is 15.8. The highest BCUT2D eigenvalue weighted by atomic mass is 16.5. The fraction of sp³-hybridized carbons (Fsp3) is 0.692. The molecule has 0 radical (unpaired) electrons. The van der Waals surface area contributed by atoms with Gasteiger partial charge in [-0.05, 0) is 30.9 Å². The van der Waals surface area contributed by atoms with Crippen molar-refractivity contribution < 1.29 is 29.3 Å². The van der Waals surface area contributed by atoms with Crippen molar-refractivity contribution >= 4 is 11.8 Å². The van der Waals surface area contributed by atoms with E-state index in [1.54, 1.807) is 0 Å². The molecule has 1 aliphatic carbocycles. The number of aliphatic hydroxyl groups excluding tert-OH is 1. The molecule has 19 heavy (non-hydrogen) atoms. The highest BCUT2D eigenvalue weighted by molar-refractivity contribution is 5.98. The van der Waals surface area contributed by atoms with Gasteiger partial charge in [-0.15, -0.1) is 0 Å². The molecule has 1 atom stereocenters. The second kappa shape index (κ2) is 8.79. The zero-order valence-corrected chi connectivity index (χ0v) is 10.8. The van der Waals surface area contributed by atoms with E-state index in [-0.39, 0.29) is 31.7 Å². The van der Waals surface area contributed by atoms with Crippen LogP contribution in [0.3, 0.4) is 0 Å². The van der Waals surface area contributed by atoms with Crippen LogP contribution in [0.25, 0.3) is 0 Å². The first-order chi connectivity index (χ1) is 9.13. The number of aliphatic hydroxyl groups is 1. The fourth-order valence-corrected chi connectivity index (χ4v) is 1.90. The average Bonchev–Trinajstić information content (AvgIpc) is 2.71. The van der Waals surface area contributed by atoms with Crippen molar-refractivity contribution in [3.63, 3.8) is 0 Å². The largest absolute Gasteiger partial charge is 0.480 e. The number of carboxylic acids is 1. The molecule has 0 amide bonds. The minimum atomic E-state index is -0.974. The lowest BCUT2D eigenvalue weighted by molar-refractivity contribution is -0.142. The van der Waals surface area contributed by atoms with Crippen LogP contribution in [0.2, 0.25) is 0 Å². The molecule has 0 aliphatic heterocycles. The third-order valence-corrected chi connectivity index (χ3v) is 2.77. The third-order valence-electron chi connectivity index (χ3n) is 2.77. The van der Waals surface area contributed by atoms with Gasteiger partial charge in [-0.1, -0.05) is 0 Å². The molecule has 0 aromatic heterocycles. The Balaban J connectivity index is 2.14. The van der Waals surface area contributed by atoms with Gasteiger partial charge in [0.15, 0.2) is 5.78 Å². The molecule has 6 heteroatoms. The number of Topliss-reactive ketones (excluding diaryl/α,β-unsaturated/α-hetero) is 1. The van der Waals surface area contributed by atoms with Gasteiger partial charge in [0, 0.05) is 13.0 Å². The molecule has 1 aliphatic rings. The van der Waals surface area contributed by atoms with E-state index in [4.69, 9.17) is 19.7 Å². The number of allylic oxidation sites excluding steroid dienone is 1. The summed E-state index contributed by atoms with van der Waals surface area (Å²) in [5.74, 6) is -0.882. The Morgan fingerprint density at radius 3 is 2.84 bits per heavy atom. The monoisotopic (exact) mass is 272 g/mol. The molecule has 0 aromatic rings. The number of unbranched alkanes of at least 4 members (excludes halogenated alkanes) is 1. The second-order valence-corrected chi connectivity index (χ2v) is 4.36. The van der Waals surface area contributed by atoms with Gasteiger partial charge < -0.3 is 19.7 Å². The van der Waals surface area contributed by atoms with E-state index < -0.39 is 5.97 Å². The van der Waals surface area contributed by atoms with Crippen molar-refractivity contribution in [2.75, 3.05) is 26.4 Å². The first-order valence-corrected chi connectivity index (χ1v) is 6.39. The van der Waals surface area contributed by atoms with E-state index in [0.717, 1.165) is 18.4 Å². The van der Waals surface area contributed by atoms with Crippen LogP contribution < -0.4 is 0 Å². The summed E-state index contributed by atoms with van der Waals surface area (Å²) >= 11 is 0. The van der Waals surface area contributed by atoms with Crippen LogP contribution in [0.1, 0.15) is 25.7 Å². The Labute approximate surface area is 112 Å². The smallest absolute Gasteiger partial charge is 0.329 e. The number of aliphatic carboxylic acids is 1. The third kappa shape index (κ3) is 6.47. The van der Waals surface area contributed by atoms with E-state index in [9.17, 15) is 9.59 Å². The van der Waals surface area contributed by atoms with Gasteiger partial charge >= 0.3 is 5.97 Å². The molecule has 1 rings (SSSR count). The van der Waals surface area contributed by atoms with Crippen LogP contribution in [-0.2, 0) is 19.1 Å². The van der Waals surface area contributed by atoms with Gasteiger partial charge in [0.1, 0.15) is 6.61 Å². The summed E-state index contributed by atoms with van der Waals surface area (Å²) in [6, 6.07) is 0. The number of carboxylic acid groups (broad SMARTS) is 1. The van der Waals surface area contributed by atoms with Crippen LogP contribution in [0.4, 0.5) is 0 Å². The van der Waals surface area contributed by atoms with Crippen molar-refractivity contribution in [2.24, 2.45) is 0 Å². The number of hydrogen-bond donors (Lipinski definition) is 2. The fourth-order valence-electron chi connectivity index (χ4n) is 1.90. The highest BCUT2D eigenvalue weighted by Gasteiger charge is 2.23. The standard InChI is InChI=1S/C13H20O6/c14-4-6-19-11-7-10(12(15)8-11)3-1-2-5-18-9-13(16)17/h7,11,14H,1-6,8-9H2,(H,16,17). The molecule has 1 unspecified atom stereocenters. The Hall–Kier alpha value is -1.24. The lowest BCUT2D eigenvalue weighted by Crippen LogP contribution is -2.11. The Morgan fingerprint density at radius 2 is 2.16 bits per heavy atom. The van der Waals surface area contributed by atoms with Crippen molar-refractivity contribution in [3.8, 4) is 0 Å². The summed E-state index contributed by atoms with van der Waals surface area (Å²) in [5.41, 5.74) is 0.765. The summed E-state index contributed by atoms with van der Waals surface area (Å²) < 4.78 is 10.2. The van der Waals surface area contributed by atoms with E-state index in [2.05, 4.69) is 0 Å². The molecule has 0 aromatic carbocycles. The van der Waals surface area contributed by atoms with Crippen LogP contribution in [-0.4, -0.2) is 54.5 Å². The molecule has 0 heterocycles. The predicted octanol–water partition coefficient (Wildman–Crippen LogP) is 0.535. The zero-order chi connectivity index (χ0) is 14.1. The average molecular weight is 272 g/mol. The number of ether oxygens (including phenoxy) is 2. The van der Waals surface area contributed by atoms with Crippen molar-refractivity contribution in [3.05, 3.63) is 11.6 Å². The topological polar surface area (TPSA) is 93.1 Å². The number of ketones is 1. The summed E-state index contributed by atoms with van der Waals surface area (Å²) in [4.78, 5) is 21.8. The van der Waals surface area contributed by atoms with Crippen molar-refractivity contribution in [2.45, 2.75) is 31.8 Å². The molecular weight excluding hydrogens is 252 g/mol. The minimum absolute atomic E-state index is 0.0468. The van der Waals surface area contributed by atoms with E-state index in [0.29, 0.717) is 19.4 Å². The maximum absolute atomic E-state index is 11.6. The Morgan fingerprint density at radius 1 is 1.37 bits per heavy atom. The first-order valence-electron chi connectivity index (χ1n) is 6.39. The van der Waals surface area contributed by atoms with Crippen molar-refractivity contribution in [1.82, 2.24) is 0 Å². The molecule has 0 spiro atoms. The molecular formula is C13H20O6. The molecule has 108 valence electrons. The lowest BCUT2D eigenvalue weighted by atomic mass is 10.1. The number of hydrogen-bond acceptors (Lipinski definition) is 5. The summed E-state index contributed by atoms with van der Waals surface area (Å²) in [6.45, 7) is 0.302. The molecule has 2 N–H and O–H groups in total. The molecule has 6 nitrogen and oxygen atoms in total. The zero-order valence-electron chi connectivity index (χ0n) is 10.8. The van der Waals surface area contributed by atoms with Crippen LogP contribution in [0, 0.1) is 0 Å². The number of rotatable bonds is 10. The van der Waals surface area contributed by atoms with Gasteiger partial charge in [-0.25, -0.2) is 4.79 Å². The van der Waals surface area contributed by atoms with E-state index in [1.807, 2.05) is 6.08 Å². The second-order valence-electron chi connectivity index (χ2n) is 4.36. The molecule has 0 saturated carbocycles. The van der Waals surface area contributed by atoms with Gasteiger partial charge in [0.05, 0.1) is 19.3 Å². The summed E-state index contributed by atoms with van der Waals surface area (Å²) in [5, 5.41) is 17.0. The van der Waals surface area contributed by atoms with Gasteiger partial charge in [0.2, 0.25) is 0 Å². The summed E-state index contributed by atoms with van der Waals surface area (Å²) in [7, 11) is 0. The normalized spacial score (nSPS) is 18.7. The van der Waals surface area contributed by atoms with E-state index in [1.165, 1.54) is 0 Å². The Bertz CT molecular complexity index is 336. The number of carbonyl (C=O) groups excluding carboxylic acids is 1. The Kier molecular flexibility index (Phi) is 7.32. The van der Waals surface area contributed by atoms with Gasteiger partial charge in [-0.2, -0.15) is 0 Å². The predicted molar refractivity (Wildman–Crippen MR) is 66.8 cm³/mol. The maximum Gasteiger partial charge on any atom is 0.329 e. The van der Waals surface area contributed by atoms with Crippen LogP contribution >= 0.6 is 0 Å². The van der Waals surface area contributed by atoms with Gasteiger partial charge in [-0.3, -0.25) is 4.79 Å². The molecule has 0 saturated heterocycles. The number of carbonyl (C=O) groups is 2. The van der Waals surface area contributed by atoms with Crippen LogP contribution in [0.15, 0.2) is 11.6 Å². The van der Waals surface area contributed by atoms with Crippen molar-refractivity contribution in [1.29, 1.82) is 0 Å².